The first-order valence-corrected chi connectivity index (χ1v) is 8.40. The fourth-order valence-corrected chi connectivity index (χ4v) is 2.44. The molecule has 0 saturated heterocycles. The fourth-order valence-electron chi connectivity index (χ4n) is 2.06. The molecule has 4 nitrogen and oxygen atoms in total. The number of rotatable bonds is 5. The molecule has 0 bridgehead atoms. The van der Waals surface area contributed by atoms with E-state index in [2.05, 4.69) is 10.6 Å². The van der Waals surface area contributed by atoms with Crippen molar-refractivity contribution in [2.45, 2.75) is 20.3 Å². The highest BCUT2D eigenvalue weighted by atomic mass is 35.5. The van der Waals surface area contributed by atoms with E-state index in [9.17, 15) is 4.79 Å². The fraction of sp³-hybridized carbons (Fsp3) is 0.222. The first-order chi connectivity index (χ1) is 11.5. The zero-order chi connectivity index (χ0) is 17.5. The molecule has 24 heavy (non-hydrogen) atoms. The molecular weight excluding hydrogens is 344 g/mol. The first kappa shape index (κ1) is 18.2. The van der Waals surface area contributed by atoms with Crippen LogP contribution in [0.2, 0.25) is 5.02 Å². The molecule has 1 amide bonds. The number of amides is 1. The van der Waals surface area contributed by atoms with Crippen molar-refractivity contribution in [2.75, 3.05) is 11.9 Å². The summed E-state index contributed by atoms with van der Waals surface area (Å²) in [7, 11) is 0. The number of carbonyl (C=O) groups excluding carboxylic acids is 1. The van der Waals surface area contributed by atoms with Crippen molar-refractivity contribution >= 4 is 40.5 Å². The molecule has 0 unspecified atom stereocenters. The van der Waals surface area contributed by atoms with Gasteiger partial charge in [0.15, 0.2) is 5.11 Å². The highest BCUT2D eigenvalue weighted by Gasteiger charge is 2.14. The van der Waals surface area contributed by atoms with Crippen LogP contribution in [0, 0.1) is 6.92 Å². The van der Waals surface area contributed by atoms with Gasteiger partial charge in [0, 0.05) is 10.7 Å². The van der Waals surface area contributed by atoms with Crippen LogP contribution < -0.4 is 15.4 Å². The number of carbonyl (C=O) groups is 1. The quantitative estimate of drug-likeness (QED) is 0.765. The molecule has 0 heterocycles. The average molecular weight is 363 g/mol. The second-order valence-corrected chi connectivity index (χ2v) is 5.98. The van der Waals surface area contributed by atoms with E-state index in [4.69, 9.17) is 28.6 Å². The van der Waals surface area contributed by atoms with Crippen LogP contribution in [-0.2, 0) is 0 Å². The minimum Gasteiger partial charge on any atom is -0.493 e. The Morgan fingerprint density at radius 3 is 2.71 bits per heavy atom. The summed E-state index contributed by atoms with van der Waals surface area (Å²) < 4.78 is 5.60. The Bertz CT molecular complexity index is 750. The second-order valence-electron chi connectivity index (χ2n) is 5.17. The molecule has 0 aliphatic heterocycles. The maximum absolute atomic E-state index is 12.4. The lowest BCUT2D eigenvalue weighted by atomic mass is 10.2. The molecule has 0 spiro atoms. The van der Waals surface area contributed by atoms with Crippen molar-refractivity contribution in [2.24, 2.45) is 0 Å². The van der Waals surface area contributed by atoms with Crippen molar-refractivity contribution in [3.8, 4) is 5.75 Å². The standard InChI is InChI=1S/C18H19ClN2O2S/c1-3-11-23-16-10-5-4-7-13(16)17(22)21-18(24)20-15-9-6-8-14(19)12(15)2/h4-10H,3,11H2,1-2H3,(H2,20,21,22,24). The summed E-state index contributed by atoms with van der Waals surface area (Å²) in [5.74, 6) is 0.220. The van der Waals surface area contributed by atoms with Crippen LogP contribution in [0.5, 0.6) is 5.75 Å². The van der Waals surface area contributed by atoms with Crippen LogP contribution in [0.1, 0.15) is 29.3 Å². The minimum absolute atomic E-state index is 0.204. The number of para-hydroxylation sites is 1. The van der Waals surface area contributed by atoms with Gasteiger partial charge in [-0.15, -0.1) is 0 Å². The van der Waals surface area contributed by atoms with E-state index in [0.29, 0.717) is 22.9 Å². The number of ether oxygens (including phenoxy) is 1. The van der Waals surface area contributed by atoms with Crippen LogP contribution >= 0.6 is 23.8 Å². The third-order valence-electron chi connectivity index (χ3n) is 3.34. The number of nitrogens with one attached hydrogen (secondary N) is 2. The van der Waals surface area contributed by atoms with E-state index in [1.54, 1.807) is 24.3 Å². The minimum atomic E-state index is -0.320. The lowest BCUT2D eigenvalue weighted by Crippen LogP contribution is -2.34. The molecule has 0 aliphatic carbocycles. The van der Waals surface area contributed by atoms with E-state index < -0.39 is 0 Å². The molecule has 6 heteroatoms. The monoisotopic (exact) mass is 362 g/mol. The number of hydrogen-bond acceptors (Lipinski definition) is 3. The SMILES string of the molecule is CCCOc1ccccc1C(=O)NC(=S)Nc1cccc(Cl)c1C. The number of halogens is 1. The van der Waals surface area contributed by atoms with Gasteiger partial charge in [-0.3, -0.25) is 10.1 Å². The Kier molecular flexibility index (Phi) is 6.58. The Labute approximate surface area is 152 Å². The lowest BCUT2D eigenvalue weighted by Gasteiger charge is -2.14. The summed E-state index contributed by atoms with van der Waals surface area (Å²) >= 11 is 11.3. The van der Waals surface area contributed by atoms with Crippen LogP contribution in [0.3, 0.4) is 0 Å². The predicted octanol–water partition coefficient (Wildman–Crippen LogP) is 4.56. The Hall–Kier alpha value is -2.11. The van der Waals surface area contributed by atoms with Gasteiger partial charge in [0.25, 0.3) is 5.91 Å². The van der Waals surface area contributed by atoms with E-state index in [1.165, 1.54) is 0 Å². The topological polar surface area (TPSA) is 50.4 Å². The van der Waals surface area contributed by atoms with Crippen molar-refractivity contribution in [1.82, 2.24) is 5.32 Å². The molecule has 0 fully saturated rings. The molecule has 126 valence electrons. The van der Waals surface area contributed by atoms with Crippen LogP contribution in [0.25, 0.3) is 0 Å². The van der Waals surface area contributed by atoms with Crippen LogP contribution in [0.15, 0.2) is 42.5 Å². The molecule has 2 aromatic rings. The van der Waals surface area contributed by atoms with Crippen molar-refractivity contribution in [3.05, 3.63) is 58.6 Å². The summed E-state index contributed by atoms with van der Waals surface area (Å²) in [6.45, 7) is 4.44. The highest BCUT2D eigenvalue weighted by molar-refractivity contribution is 7.80. The number of benzene rings is 2. The first-order valence-electron chi connectivity index (χ1n) is 7.62. The van der Waals surface area contributed by atoms with E-state index in [0.717, 1.165) is 17.7 Å². The van der Waals surface area contributed by atoms with Crippen LogP contribution in [0.4, 0.5) is 5.69 Å². The van der Waals surface area contributed by atoms with Crippen molar-refractivity contribution < 1.29 is 9.53 Å². The van der Waals surface area contributed by atoms with Gasteiger partial charge in [0.05, 0.1) is 12.2 Å². The van der Waals surface area contributed by atoms with E-state index >= 15 is 0 Å². The van der Waals surface area contributed by atoms with Crippen LogP contribution in [-0.4, -0.2) is 17.6 Å². The number of anilines is 1. The normalized spacial score (nSPS) is 10.1. The largest absolute Gasteiger partial charge is 0.493 e. The predicted molar refractivity (Wildman–Crippen MR) is 102 cm³/mol. The molecule has 0 aliphatic rings. The van der Waals surface area contributed by atoms with Crippen molar-refractivity contribution in [1.29, 1.82) is 0 Å². The summed E-state index contributed by atoms with van der Waals surface area (Å²) in [5.41, 5.74) is 2.06. The van der Waals surface area contributed by atoms with Gasteiger partial charge in [-0.25, -0.2) is 0 Å². The number of thiocarbonyl (C=S) groups is 1. The zero-order valence-electron chi connectivity index (χ0n) is 13.6. The third kappa shape index (κ3) is 4.69. The second kappa shape index (κ2) is 8.66. The van der Waals surface area contributed by atoms with Gasteiger partial charge >= 0.3 is 0 Å². The summed E-state index contributed by atoms with van der Waals surface area (Å²) in [5, 5.41) is 6.49. The van der Waals surface area contributed by atoms with E-state index in [1.807, 2.05) is 32.0 Å². The molecule has 0 aromatic heterocycles. The van der Waals surface area contributed by atoms with Gasteiger partial charge in [-0.2, -0.15) is 0 Å². The number of hydrogen-bond donors (Lipinski definition) is 2. The summed E-state index contributed by atoms with van der Waals surface area (Å²) in [4.78, 5) is 12.4. The molecule has 2 rings (SSSR count). The van der Waals surface area contributed by atoms with Gasteiger partial charge in [0.1, 0.15) is 5.75 Å². The average Bonchev–Trinajstić information content (AvgIpc) is 2.57. The molecule has 0 atom stereocenters. The summed E-state index contributed by atoms with van der Waals surface area (Å²) in [6, 6.07) is 12.5. The molecule has 2 N–H and O–H groups in total. The van der Waals surface area contributed by atoms with E-state index in [-0.39, 0.29) is 11.0 Å². The smallest absolute Gasteiger partial charge is 0.261 e. The maximum atomic E-state index is 12.4. The van der Waals surface area contributed by atoms with Crippen molar-refractivity contribution in [3.63, 3.8) is 0 Å². The maximum Gasteiger partial charge on any atom is 0.261 e. The lowest BCUT2D eigenvalue weighted by molar-refractivity contribution is 0.0973. The molecule has 0 radical (unpaired) electrons. The van der Waals surface area contributed by atoms with Gasteiger partial charge < -0.3 is 10.1 Å². The molecule has 2 aromatic carbocycles. The molecular formula is C18H19ClN2O2S. The molecule has 0 saturated carbocycles. The van der Waals surface area contributed by atoms with Gasteiger partial charge in [-0.05, 0) is 55.4 Å². The Morgan fingerprint density at radius 2 is 1.96 bits per heavy atom. The third-order valence-corrected chi connectivity index (χ3v) is 3.95. The van der Waals surface area contributed by atoms with Gasteiger partial charge in [-0.1, -0.05) is 36.7 Å². The Balaban J connectivity index is 2.07. The summed E-state index contributed by atoms with van der Waals surface area (Å²) in [6.07, 6.45) is 0.865. The van der Waals surface area contributed by atoms with Gasteiger partial charge in [0.2, 0.25) is 0 Å². The zero-order valence-corrected chi connectivity index (χ0v) is 15.1. The highest BCUT2D eigenvalue weighted by Crippen LogP contribution is 2.23. The Morgan fingerprint density at radius 1 is 1.21 bits per heavy atom.